The van der Waals surface area contributed by atoms with Gasteiger partial charge in [0, 0.05) is 11.6 Å². The number of halogens is 2. The number of nitrogens with zero attached hydrogens (tertiary/aromatic N) is 2. The SMILES string of the molecule is Cc1nnc(NS(=O)(=O)c2cc(Cl)cc(CN)c2Cl)s1. The van der Waals surface area contributed by atoms with Crippen molar-refractivity contribution in [2.45, 2.75) is 18.4 Å². The van der Waals surface area contributed by atoms with E-state index in [1.165, 1.54) is 12.1 Å². The van der Waals surface area contributed by atoms with Crippen LogP contribution in [0.3, 0.4) is 0 Å². The lowest BCUT2D eigenvalue weighted by Gasteiger charge is -2.10. The second kappa shape index (κ2) is 5.82. The summed E-state index contributed by atoms with van der Waals surface area (Å²) in [6.45, 7) is 1.80. The quantitative estimate of drug-likeness (QED) is 0.880. The Labute approximate surface area is 130 Å². The molecule has 0 amide bonds. The van der Waals surface area contributed by atoms with Gasteiger partial charge in [-0.05, 0) is 24.6 Å². The van der Waals surface area contributed by atoms with Crippen LogP contribution in [0, 0.1) is 6.92 Å². The third-order valence-electron chi connectivity index (χ3n) is 2.34. The van der Waals surface area contributed by atoms with Gasteiger partial charge in [-0.3, -0.25) is 4.72 Å². The molecule has 20 heavy (non-hydrogen) atoms. The topological polar surface area (TPSA) is 98.0 Å². The molecule has 3 N–H and O–H groups in total. The Morgan fingerprint density at radius 1 is 1.35 bits per heavy atom. The first kappa shape index (κ1) is 15.5. The van der Waals surface area contributed by atoms with Crippen molar-refractivity contribution < 1.29 is 8.42 Å². The highest BCUT2D eigenvalue weighted by atomic mass is 35.5. The van der Waals surface area contributed by atoms with Crippen molar-refractivity contribution in [2.75, 3.05) is 4.72 Å². The molecule has 0 aliphatic carbocycles. The number of rotatable bonds is 4. The third kappa shape index (κ3) is 3.21. The van der Waals surface area contributed by atoms with Gasteiger partial charge in [0.05, 0.1) is 5.02 Å². The van der Waals surface area contributed by atoms with E-state index >= 15 is 0 Å². The zero-order valence-electron chi connectivity index (χ0n) is 10.2. The van der Waals surface area contributed by atoms with Crippen LogP contribution in [0.4, 0.5) is 5.13 Å². The Balaban J connectivity index is 2.46. The molecular formula is C10H10Cl2N4O2S2. The van der Waals surface area contributed by atoms with E-state index in [0.29, 0.717) is 10.6 Å². The van der Waals surface area contributed by atoms with E-state index < -0.39 is 10.0 Å². The predicted molar refractivity (Wildman–Crippen MR) is 79.8 cm³/mol. The normalized spacial score (nSPS) is 11.6. The van der Waals surface area contributed by atoms with Gasteiger partial charge in [-0.1, -0.05) is 34.5 Å². The number of anilines is 1. The molecule has 0 atom stereocenters. The van der Waals surface area contributed by atoms with Crippen molar-refractivity contribution in [2.24, 2.45) is 5.73 Å². The van der Waals surface area contributed by atoms with Crippen molar-refractivity contribution in [1.82, 2.24) is 10.2 Å². The van der Waals surface area contributed by atoms with Crippen LogP contribution in [0.5, 0.6) is 0 Å². The van der Waals surface area contributed by atoms with Crippen LogP contribution in [-0.4, -0.2) is 18.6 Å². The Morgan fingerprint density at radius 2 is 2.05 bits per heavy atom. The van der Waals surface area contributed by atoms with Gasteiger partial charge in [0.2, 0.25) is 5.13 Å². The monoisotopic (exact) mass is 352 g/mol. The third-order valence-corrected chi connectivity index (χ3v) is 5.36. The summed E-state index contributed by atoms with van der Waals surface area (Å²) in [5.41, 5.74) is 5.96. The molecule has 1 heterocycles. The van der Waals surface area contributed by atoms with Gasteiger partial charge in [-0.2, -0.15) is 0 Å². The second-order valence-electron chi connectivity index (χ2n) is 3.81. The molecule has 1 aromatic carbocycles. The Bertz CT molecular complexity index is 746. The van der Waals surface area contributed by atoms with Gasteiger partial charge in [-0.25, -0.2) is 8.42 Å². The van der Waals surface area contributed by atoms with Crippen molar-refractivity contribution in [3.8, 4) is 0 Å². The molecule has 0 radical (unpaired) electrons. The van der Waals surface area contributed by atoms with E-state index in [1.54, 1.807) is 6.92 Å². The van der Waals surface area contributed by atoms with E-state index in [9.17, 15) is 8.42 Å². The highest BCUT2D eigenvalue weighted by Crippen LogP contribution is 2.31. The van der Waals surface area contributed by atoms with E-state index in [2.05, 4.69) is 14.9 Å². The van der Waals surface area contributed by atoms with Crippen molar-refractivity contribution in [3.63, 3.8) is 0 Å². The summed E-state index contributed by atoms with van der Waals surface area (Å²) in [5, 5.41) is 8.52. The summed E-state index contributed by atoms with van der Waals surface area (Å²) in [7, 11) is -3.90. The molecule has 0 saturated heterocycles. The Morgan fingerprint density at radius 3 is 2.60 bits per heavy atom. The number of sulfonamides is 1. The minimum absolute atomic E-state index is 0.0469. The molecular weight excluding hydrogens is 343 g/mol. The molecule has 0 saturated carbocycles. The number of benzene rings is 1. The fourth-order valence-electron chi connectivity index (χ4n) is 1.47. The van der Waals surface area contributed by atoms with Gasteiger partial charge in [0.15, 0.2) is 0 Å². The van der Waals surface area contributed by atoms with Crippen LogP contribution < -0.4 is 10.5 Å². The fraction of sp³-hybridized carbons (Fsp3) is 0.200. The number of nitrogens with one attached hydrogen (secondary N) is 1. The van der Waals surface area contributed by atoms with Crippen LogP contribution in [0.1, 0.15) is 10.6 Å². The van der Waals surface area contributed by atoms with E-state index in [-0.39, 0.29) is 26.6 Å². The van der Waals surface area contributed by atoms with E-state index in [4.69, 9.17) is 28.9 Å². The summed E-state index contributed by atoms with van der Waals surface area (Å²) >= 11 is 13.0. The summed E-state index contributed by atoms with van der Waals surface area (Å²) in [4.78, 5) is -0.139. The predicted octanol–water partition coefficient (Wildman–Crippen LogP) is 2.41. The number of aryl methyl sites for hydroxylation is 1. The van der Waals surface area contributed by atoms with Crippen LogP contribution in [0.2, 0.25) is 10.0 Å². The molecule has 2 rings (SSSR count). The van der Waals surface area contributed by atoms with Gasteiger partial charge >= 0.3 is 0 Å². The first-order valence-electron chi connectivity index (χ1n) is 5.34. The van der Waals surface area contributed by atoms with Gasteiger partial charge in [0.25, 0.3) is 10.0 Å². The molecule has 0 spiro atoms. The molecule has 1 aromatic heterocycles. The summed E-state index contributed by atoms with van der Waals surface area (Å²) in [6, 6.07) is 2.79. The Kier molecular flexibility index (Phi) is 4.50. The van der Waals surface area contributed by atoms with Crippen LogP contribution in [0.25, 0.3) is 0 Å². The lowest BCUT2D eigenvalue weighted by atomic mass is 10.2. The van der Waals surface area contributed by atoms with Crippen LogP contribution in [0.15, 0.2) is 17.0 Å². The molecule has 10 heteroatoms. The van der Waals surface area contributed by atoms with Gasteiger partial charge in [0.1, 0.15) is 9.90 Å². The van der Waals surface area contributed by atoms with Crippen LogP contribution >= 0.6 is 34.5 Å². The summed E-state index contributed by atoms with van der Waals surface area (Å²) in [6.07, 6.45) is 0. The number of nitrogens with two attached hydrogens (primary N) is 1. The zero-order chi connectivity index (χ0) is 14.9. The van der Waals surface area contributed by atoms with Gasteiger partial charge in [-0.15, -0.1) is 10.2 Å². The zero-order valence-corrected chi connectivity index (χ0v) is 13.4. The molecule has 0 bridgehead atoms. The minimum atomic E-state index is -3.90. The van der Waals surface area contributed by atoms with Crippen molar-refractivity contribution >= 4 is 49.7 Å². The van der Waals surface area contributed by atoms with Gasteiger partial charge < -0.3 is 5.73 Å². The molecule has 2 aromatic rings. The number of aromatic nitrogens is 2. The molecule has 0 unspecified atom stereocenters. The molecule has 0 fully saturated rings. The maximum atomic E-state index is 12.3. The molecule has 0 aliphatic heterocycles. The van der Waals surface area contributed by atoms with Crippen LogP contribution in [-0.2, 0) is 16.6 Å². The standard InChI is InChI=1S/C10H10Cl2N4O2S2/c1-5-14-15-10(19-5)16-20(17,18)8-3-7(11)2-6(4-13)9(8)12/h2-3H,4,13H2,1H3,(H,15,16). The number of hydrogen-bond acceptors (Lipinski definition) is 6. The lowest BCUT2D eigenvalue weighted by Crippen LogP contribution is -2.14. The largest absolute Gasteiger partial charge is 0.326 e. The number of hydrogen-bond donors (Lipinski definition) is 2. The minimum Gasteiger partial charge on any atom is -0.326 e. The summed E-state index contributed by atoms with van der Waals surface area (Å²) in [5.74, 6) is 0. The maximum absolute atomic E-state index is 12.3. The van der Waals surface area contributed by atoms with E-state index in [1.807, 2.05) is 0 Å². The average molecular weight is 353 g/mol. The average Bonchev–Trinajstić information content (AvgIpc) is 2.76. The van der Waals surface area contributed by atoms with Crippen molar-refractivity contribution in [3.05, 3.63) is 32.7 Å². The second-order valence-corrected chi connectivity index (χ2v) is 7.46. The first-order valence-corrected chi connectivity index (χ1v) is 8.40. The van der Waals surface area contributed by atoms with Crippen molar-refractivity contribution in [1.29, 1.82) is 0 Å². The summed E-state index contributed by atoms with van der Waals surface area (Å²) < 4.78 is 26.9. The molecule has 108 valence electrons. The highest BCUT2D eigenvalue weighted by Gasteiger charge is 2.22. The first-order chi connectivity index (χ1) is 9.33. The smallest absolute Gasteiger partial charge is 0.265 e. The Hall–Kier alpha value is -0.930. The fourth-order valence-corrected chi connectivity index (χ4v) is 4.24. The van der Waals surface area contributed by atoms with E-state index in [0.717, 1.165) is 11.3 Å². The lowest BCUT2D eigenvalue weighted by molar-refractivity contribution is 0.601. The highest BCUT2D eigenvalue weighted by molar-refractivity contribution is 7.93. The molecule has 6 nitrogen and oxygen atoms in total. The maximum Gasteiger partial charge on any atom is 0.265 e. The molecule has 0 aliphatic rings.